The van der Waals surface area contributed by atoms with Crippen LogP contribution in [0.3, 0.4) is 0 Å². The lowest BCUT2D eigenvalue weighted by atomic mass is 9.76. The molecule has 0 radical (unpaired) electrons. The Hall–Kier alpha value is -3.76. The highest BCUT2D eigenvalue weighted by Crippen LogP contribution is 2.44. The van der Waals surface area contributed by atoms with Gasteiger partial charge in [-0.1, -0.05) is 23.7 Å². The number of allylic oxidation sites excluding steroid dienone is 3. The summed E-state index contributed by atoms with van der Waals surface area (Å²) in [6, 6.07) is 15.9. The van der Waals surface area contributed by atoms with Crippen LogP contribution in [0.25, 0.3) is 0 Å². The molecule has 8 heteroatoms. The molecule has 1 aliphatic heterocycles. The number of ether oxygens (including phenoxy) is 1. The lowest BCUT2D eigenvalue weighted by molar-refractivity contribution is -0.116. The topological polar surface area (TPSA) is 108 Å². The Balaban J connectivity index is 1.76. The number of nitriles is 1. The molecule has 3 N–H and O–H groups in total. The predicted octanol–water partition coefficient (Wildman–Crippen LogP) is 4.18. The van der Waals surface area contributed by atoms with Gasteiger partial charge in [-0.25, -0.2) is 5.01 Å². The first-order valence-electron chi connectivity index (χ1n) is 10.7. The zero-order chi connectivity index (χ0) is 23.5. The first-order valence-corrected chi connectivity index (χ1v) is 11.1. The lowest BCUT2D eigenvalue weighted by Gasteiger charge is -2.39. The Bertz CT molecular complexity index is 1190. The van der Waals surface area contributed by atoms with Crippen molar-refractivity contribution in [1.82, 2.24) is 10.4 Å². The highest BCUT2D eigenvalue weighted by Gasteiger charge is 2.40. The summed E-state index contributed by atoms with van der Waals surface area (Å²) in [5.74, 6) is -0.268. The van der Waals surface area contributed by atoms with Crippen LogP contribution >= 0.6 is 11.6 Å². The van der Waals surface area contributed by atoms with Gasteiger partial charge in [0, 0.05) is 28.3 Å². The van der Waals surface area contributed by atoms with E-state index in [1.165, 1.54) is 5.01 Å². The SMILES string of the molecule is CCOc1ccc(C2C(C#N)=C(N)N(NC(=O)c3ccc(Cl)cc3)C3=C2C(=O)CCC3)cc1. The lowest BCUT2D eigenvalue weighted by Crippen LogP contribution is -2.48. The maximum absolute atomic E-state index is 13.1. The molecule has 2 aliphatic rings. The maximum Gasteiger partial charge on any atom is 0.270 e. The van der Waals surface area contributed by atoms with Gasteiger partial charge in [-0.15, -0.1) is 0 Å². The van der Waals surface area contributed by atoms with Crippen LogP contribution in [0.15, 0.2) is 71.2 Å². The van der Waals surface area contributed by atoms with Crippen molar-refractivity contribution >= 4 is 23.3 Å². The fraction of sp³-hybridized carbons (Fsp3) is 0.240. The highest BCUT2D eigenvalue weighted by molar-refractivity contribution is 6.30. The highest BCUT2D eigenvalue weighted by atomic mass is 35.5. The number of hydrogen-bond donors (Lipinski definition) is 2. The molecule has 168 valence electrons. The van der Waals surface area contributed by atoms with Crippen LogP contribution in [-0.2, 0) is 4.79 Å². The second-order valence-electron chi connectivity index (χ2n) is 7.77. The number of carbonyl (C=O) groups is 2. The van der Waals surface area contributed by atoms with Gasteiger partial charge in [-0.05, 0) is 61.7 Å². The minimum atomic E-state index is -0.600. The number of nitrogens with one attached hydrogen (secondary N) is 1. The van der Waals surface area contributed by atoms with Gasteiger partial charge < -0.3 is 10.5 Å². The summed E-state index contributed by atoms with van der Waals surface area (Å²) in [6.45, 7) is 2.44. The van der Waals surface area contributed by atoms with Gasteiger partial charge in [0.15, 0.2) is 5.78 Å². The molecule has 0 aromatic heterocycles. The van der Waals surface area contributed by atoms with Gasteiger partial charge in [0.25, 0.3) is 5.91 Å². The van der Waals surface area contributed by atoms with Crippen LogP contribution in [-0.4, -0.2) is 23.3 Å². The first-order chi connectivity index (χ1) is 15.9. The Morgan fingerprint density at radius 3 is 2.55 bits per heavy atom. The number of carbonyl (C=O) groups excluding carboxylic acids is 2. The second-order valence-corrected chi connectivity index (χ2v) is 8.20. The van der Waals surface area contributed by atoms with E-state index in [9.17, 15) is 14.9 Å². The van der Waals surface area contributed by atoms with Gasteiger partial charge >= 0.3 is 0 Å². The Morgan fingerprint density at radius 1 is 1.21 bits per heavy atom. The van der Waals surface area contributed by atoms with E-state index in [4.69, 9.17) is 22.1 Å². The van der Waals surface area contributed by atoms with Gasteiger partial charge in [-0.3, -0.25) is 15.0 Å². The normalized spacial score (nSPS) is 18.0. The minimum absolute atomic E-state index is 0.0545. The number of nitrogens with zero attached hydrogens (tertiary/aromatic N) is 2. The number of ketones is 1. The van der Waals surface area contributed by atoms with Gasteiger partial charge in [0.05, 0.1) is 24.2 Å². The van der Waals surface area contributed by atoms with Gasteiger partial charge in [-0.2, -0.15) is 5.26 Å². The predicted molar refractivity (Wildman–Crippen MR) is 124 cm³/mol. The molecule has 2 aromatic rings. The standard InChI is InChI=1S/C25H23ClN4O3/c1-2-33-18-12-8-15(9-13-18)22-19(14-27)24(28)30(20-4-3-5-21(31)23(20)22)29-25(32)16-6-10-17(26)11-7-16/h6-13,22H,2-5,28H2,1H3,(H,29,32). The van der Waals surface area contributed by atoms with Crippen LogP contribution in [0.2, 0.25) is 5.02 Å². The summed E-state index contributed by atoms with van der Waals surface area (Å²) >= 11 is 5.92. The van der Waals surface area contributed by atoms with E-state index < -0.39 is 11.8 Å². The maximum atomic E-state index is 13.1. The fourth-order valence-corrected chi connectivity index (χ4v) is 4.36. The van der Waals surface area contributed by atoms with Gasteiger partial charge in [0.2, 0.25) is 0 Å². The number of benzene rings is 2. The average molecular weight is 463 g/mol. The molecule has 0 saturated heterocycles. The zero-order valence-electron chi connectivity index (χ0n) is 18.1. The largest absolute Gasteiger partial charge is 0.494 e. The van der Waals surface area contributed by atoms with Crippen LogP contribution in [0.4, 0.5) is 0 Å². The molecule has 33 heavy (non-hydrogen) atoms. The number of amides is 1. The zero-order valence-corrected chi connectivity index (χ0v) is 18.9. The Morgan fingerprint density at radius 2 is 1.91 bits per heavy atom. The van der Waals surface area contributed by atoms with E-state index in [0.717, 1.165) is 5.56 Å². The van der Waals surface area contributed by atoms with Crippen molar-refractivity contribution < 1.29 is 14.3 Å². The monoisotopic (exact) mass is 462 g/mol. The van der Waals surface area contributed by atoms with E-state index in [1.807, 2.05) is 31.2 Å². The number of Topliss-reactive ketones (excluding diaryl/α,β-unsaturated/α-hetero) is 1. The van der Waals surface area contributed by atoms with Crippen LogP contribution in [0.5, 0.6) is 5.75 Å². The van der Waals surface area contributed by atoms with Crippen molar-refractivity contribution in [2.24, 2.45) is 5.73 Å². The van der Waals surface area contributed by atoms with Crippen LogP contribution in [0.1, 0.15) is 48.0 Å². The third-order valence-electron chi connectivity index (χ3n) is 5.76. The molecule has 0 spiro atoms. The third kappa shape index (κ3) is 4.30. The molecule has 0 saturated carbocycles. The molecule has 4 rings (SSSR count). The molecular weight excluding hydrogens is 440 g/mol. The summed E-state index contributed by atoms with van der Waals surface area (Å²) in [4.78, 5) is 26.0. The van der Waals surface area contributed by atoms with E-state index in [-0.39, 0.29) is 17.2 Å². The Kier molecular flexibility index (Phi) is 6.38. The number of hydrazine groups is 1. The molecule has 1 amide bonds. The van der Waals surface area contributed by atoms with Crippen molar-refractivity contribution in [2.45, 2.75) is 32.1 Å². The summed E-state index contributed by atoms with van der Waals surface area (Å²) in [5, 5.41) is 11.9. The molecule has 0 fully saturated rings. The minimum Gasteiger partial charge on any atom is -0.494 e. The summed E-state index contributed by atoms with van der Waals surface area (Å²) in [7, 11) is 0. The molecule has 1 atom stereocenters. The van der Waals surface area contributed by atoms with Crippen LogP contribution in [0, 0.1) is 11.3 Å². The number of rotatable bonds is 5. The number of hydrogen-bond acceptors (Lipinski definition) is 6. The number of nitrogens with two attached hydrogens (primary N) is 1. The smallest absolute Gasteiger partial charge is 0.270 e. The third-order valence-corrected chi connectivity index (χ3v) is 6.01. The number of halogens is 1. The molecule has 2 aromatic carbocycles. The van der Waals surface area contributed by atoms with Crippen molar-refractivity contribution in [3.8, 4) is 11.8 Å². The van der Waals surface area contributed by atoms with E-state index in [2.05, 4.69) is 11.5 Å². The first kappa shape index (κ1) is 22.4. The summed E-state index contributed by atoms with van der Waals surface area (Å²) in [5.41, 5.74) is 11.7. The average Bonchev–Trinajstić information content (AvgIpc) is 2.82. The van der Waals surface area contributed by atoms with Crippen molar-refractivity contribution in [1.29, 1.82) is 5.26 Å². The molecule has 1 heterocycles. The molecule has 7 nitrogen and oxygen atoms in total. The van der Waals surface area contributed by atoms with E-state index >= 15 is 0 Å². The molecule has 1 unspecified atom stereocenters. The Labute approximate surface area is 197 Å². The van der Waals surface area contributed by atoms with E-state index in [0.29, 0.717) is 53.5 Å². The van der Waals surface area contributed by atoms with Crippen molar-refractivity contribution in [3.05, 3.63) is 87.3 Å². The van der Waals surface area contributed by atoms with E-state index in [1.54, 1.807) is 24.3 Å². The molecule has 0 bridgehead atoms. The molecule has 1 aliphatic carbocycles. The second kappa shape index (κ2) is 9.39. The van der Waals surface area contributed by atoms with Crippen molar-refractivity contribution in [2.75, 3.05) is 6.61 Å². The molecular formula is C25H23ClN4O3. The quantitative estimate of drug-likeness (QED) is 0.689. The summed E-state index contributed by atoms with van der Waals surface area (Å²) in [6.07, 6.45) is 1.56. The summed E-state index contributed by atoms with van der Waals surface area (Å²) < 4.78 is 5.52. The van der Waals surface area contributed by atoms with Crippen molar-refractivity contribution in [3.63, 3.8) is 0 Å². The van der Waals surface area contributed by atoms with Crippen LogP contribution < -0.4 is 15.9 Å². The fourth-order valence-electron chi connectivity index (χ4n) is 4.24. The van der Waals surface area contributed by atoms with Gasteiger partial charge in [0.1, 0.15) is 11.6 Å².